The van der Waals surface area contributed by atoms with Crippen molar-refractivity contribution in [1.29, 1.82) is 0 Å². The van der Waals surface area contributed by atoms with Gasteiger partial charge in [0.25, 0.3) is 0 Å². The van der Waals surface area contributed by atoms with Gasteiger partial charge in [-0.1, -0.05) is 83.8 Å². The van der Waals surface area contributed by atoms with Gasteiger partial charge < -0.3 is 9.84 Å². The number of benzene rings is 1. The van der Waals surface area contributed by atoms with Gasteiger partial charge in [0.15, 0.2) is 0 Å². The smallest absolute Gasteiger partial charge is 0.339 e. The molecule has 28 heavy (non-hydrogen) atoms. The third-order valence-corrected chi connectivity index (χ3v) is 5.16. The number of carboxylic acid groups (broad SMARTS) is 1. The zero-order chi connectivity index (χ0) is 20.6. The predicted octanol–water partition coefficient (Wildman–Crippen LogP) is 7.02. The van der Waals surface area contributed by atoms with E-state index < -0.39 is 11.9 Å². The molecule has 0 saturated heterocycles. The lowest BCUT2D eigenvalue weighted by Gasteiger charge is -2.18. The second-order valence-corrected chi connectivity index (χ2v) is 7.64. The van der Waals surface area contributed by atoms with Crippen LogP contribution in [0.3, 0.4) is 0 Å². The Morgan fingerprint density at radius 1 is 0.786 bits per heavy atom. The van der Waals surface area contributed by atoms with Gasteiger partial charge in [-0.3, -0.25) is 0 Å². The highest BCUT2D eigenvalue weighted by atomic mass is 16.5. The van der Waals surface area contributed by atoms with E-state index in [0.29, 0.717) is 0 Å². The maximum Gasteiger partial charge on any atom is 0.339 e. The third kappa shape index (κ3) is 9.91. The van der Waals surface area contributed by atoms with Crippen LogP contribution >= 0.6 is 0 Å². The summed E-state index contributed by atoms with van der Waals surface area (Å²) in [5.74, 6) is -1.61. The van der Waals surface area contributed by atoms with Crippen LogP contribution < -0.4 is 0 Å². The number of ether oxygens (including phenoxy) is 1. The highest BCUT2D eigenvalue weighted by Crippen LogP contribution is 2.19. The first-order chi connectivity index (χ1) is 13.6. The first-order valence-electron chi connectivity index (χ1n) is 11.1. The van der Waals surface area contributed by atoms with E-state index in [0.717, 1.165) is 38.5 Å². The Bertz CT molecular complexity index is 567. The lowest BCUT2D eigenvalue weighted by molar-refractivity contribution is 0.0244. The van der Waals surface area contributed by atoms with Crippen LogP contribution in [-0.2, 0) is 4.74 Å². The molecule has 0 saturated carbocycles. The molecule has 0 heterocycles. The lowest BCUT2D eigenvalue weighted by Crippen LogP contribution is -2.20. The molecule has 0 aliphatic rings. The predicted molar refractivity (Wildman–Crippen MR) is 114 cm³/mol. The van der Waals surface area contributed by atoms with E-state index >= 15 is 0 Å². The molecule has 0 fully saturated rings. The van der Waals surface area contributed by atoms with E-state index in [9.17, 15) is 14.7 Å². The minimum atomic E-state index is -1.10. The molecular formula is C24H38O4. The third-order valence-electron chi connectivity index (χ3n) is 5.16. The number of rotatable bonds is 16. The van der Waals surface area contributed by atoms with E-state index in [1.54, 1.807) is 12.1 Å². The quantitative estimate of drug-likeness (QED) is 0.243. The lowest BCUT2D eigenvalue weighted by atomic mass is 10.0. The van der Waals surface area contributed by atoms with Gasteiger partial charge in [0.1, 0.15) is 6.10 Å². The number of carbonyl (C=O) groups excluding carboxylic acids is 1. The number of carboxylic acids is 1. The van der Waals surface area contributed by atoms with Crippen molar-refractivity contribution in [3.05, 3.63) is 35.4 Å². The molecular weight excluding hydrogens is 352 g/mol. The molecule has 0 aliphatic carbocycles. The van der Waals surface area contributed by atoms with Gasteiger partial charge in [0.05, 0.1) is 11.1 Å². The zero-order valence-corrected chi connectivity index (χ0v) is 17.8. The summed E-state index contributed by atoms with van der Waals surface area (Å²) in [6.07, 6.45) is 14.9. The normalized spacial score (nSPS) is 11.9. The fraction of sp³-hybridized carbons (Fsp3) is 0.667. The highest BCUT2D eigenvalue weighted by molar-refractivity contribution is 6.02. The van der Waals surface area contributed by atoms with E-state index in [4.69, 9.17) is 4.74 Å². The molecule has 0 spiro atoms. The second kappa shape index (κ2) is 15.1. The van der Waals surface area contributed by atoms with Gasteiger partial charge >= 0.3 is 11.9 Å². The molecule has 158 valence electrons. The largest absolute Gasteiger partial charge is 0.478 e. The fourth-order valence-corrected chi connectivity index (χ4v) is 3.45. The molecule has 1 aromatic rings. The zero-order valence-electron chi connectivity index (χ0n) is 17.8. The maximum absolute atomic E-state index is 12.6. The SMILES string of the molecule is CCCCCCCCCCC(CCCCC)OC(=O)c1ccccc1C(=O)O. The van der Waals surface area contributed by atoms with Crippen LogP contribution in [0, 0.1) is 0 Å². The number of hydrogen-bond donors (Lipinski definition) is 1. The Kier molecular flexibility index (Phi) is 13.1. The molecule has 1 aromatic carbocycles. The summed E-state index contributed by atoms with van der Waals surface area (Å²) >= 11 is 0. The summed E-state index contributed by atoms with van der Waals surface area (Å²) in [5, 5.41) is 9.29. The first-order valence-corrected chi connectivity index (χ1v) is 11.1. The van der Waals surface area contributed by atoms with Gasteiger partial charge in [0.2, 0.25) is 0 Å². The van der Waals surface area contributed by atoms with Crippen LogP contribution in [0.4, 0.5) is 0 Å². The molecule has 1 N–H and O–H groups in total. The van der Waals surface area contributed by atoms with Crippen molar-refractivity contribution in [2.45, 2.75) is 103 Å². The van der Waals surface area contributed by atoms with Gasteiger partial charge in [-0.2, -0.15) is 0 Å². The van der Waals surface area contributed by atoms with Crippen LogP contribution in [0.15, 0.2) is 24.3 Å². The first kappa shape index (κ1) is 24.2. The highest BCUT2D eigenvalue weighted by Gasteiger charge is 2.20. The molecule has 4 heteroatoms. The Morgan fingerprint density at radius 3 is 1.82 bits per heavy atom. The van der Waals surface area contributed by atoms with Crippen molar-refractivity contribution in [2.75, 3.05) is 0 Å². The van der Waals surface area contributed by atoms with Crippen molar-refractivity contribution < 1.29 is 19.4 Å². The van der Waals surface area contributed by atoms with Crippen molar-refractivity contribution in [2.24, 2.45) is 0 Å². The van der Waals surface area contributed by atoms with Crippen LogP contribution in [0.1, 0.15) is 118 Å². The number of esters is 1. The van der Waals surface area contributed by atoms with Gasteiger partial charge in [0, 0.05) is 0 Å². The number of aromatic carboxylic acids is 1. The van der Waals surface area contributed by atoms with Crippen molar-refractivity contribution >= 4 is 11.9 Å². The molecule has 0 aliphatic heterocycles. The maximum atomic E-state index is 12.6. The molecule has 0 amide bonds. The van der Waals surface area contributed by atoms with Crippen molar-refractivity contribution in [3.63, 3.8) is 0 Å². The summed E-state index contributed by atoms with van der Waals surface area (Å²) in [5.41, 5.74) is 0.151. The Balaban J connectivity index is 2.50. The monoisotopic (exact) mass is 390 g/mol. The van der Waals surface area contributed by atoms with Gasteiger partial charge in [-0.05, 0) is 37.8 Å². The number of hydrogen-bond acceptors (Lipinski definition) is 3. The molecule has 0 aromatic heterocycles. The summed E-state index contributed by atoms with van der Waals surface area (Å²) in [6, 6.07) is 6.28. The molecule has 1 unspecified atom stereocenters. The van der Waals surface area contributed by atoms with Crippen molar-refractivity contribution in [1.82, 2.24) is 0 Å². The van der Waals surface area contributed by atoms with E-state index in [1.165, 1.54) is 57.1 Å². The van der Waals surface area contributed by atoms with E-state index in [1.807, 2.05) is 0 Å². The minimum absolute atomic E-state index is 0.00638. The Labute approximate surface area is 170 Å². The standard InChI is InChI=1S/C24H38O4/c1-3-5-7-8-9-10-11-13-17-20(16-12-6-4-2)28-24(27)22-19-15-14-18-21(22)23(25)26/h14-15,18-20H,3-13,16-17H2,1-2H3,(H,25,26). The number of unbranched alkanes of at least 4 members (excludes halogenated alkanes) is 9. The van der Waals surface area contributed by atoms with E-state index in [-0.39, 0.29) is 17.2 Å². The average molecular weight is 391 g/mol. The summed E-state index contributed by atoms with van der Waals surface area (Å²) in [6.45, 7) is 4.39. The van der Waals surface area contributed by atoms with Gasteiger partial charge in [-0.15, -0.1) is 0 Å². The topological polar surface area (TPSA) is 63.6 Å². The van der Waals surface area contributed by atoms with Crippen molar-refractivity contribution in [3.8, 4) is 0 Å². The summed E-state index contributed by atoms with van der Waals surface area (Å²) in [7, 11) is 0. The van der Waals surface area contributed by atoms with Crippen LogP contribution in [-0.4, -0.2) is 23.1 Å². The molecule has 4 nitrogen and oxygen atoms in total. The molecule has 1 rings (SSSR count). The van der Waals surface area contributed by atoms with Gasteiger partial charge in [-0.25, -0.2) is 9.59 Å². The summed E-state index contributed by atoms with van der Waals surface area (Å²) < 4.78 is 5.73. The Morgan fingerprint density at radius 2 is 1.25 bits per heavy atom. The fourth-order valence-electron chi connectivity index (χ4n) is 3.45. The Hall–Kier alpha value is -1.84. The molecule has 0 radical (unpaired) electrons. The number of carbonyl (C=O) groups is 2. The minimum Gasteiger partial charge on any atom is -0.478 e. The molecule has 0 bridgehead atoms. The average Bonchev–Trinajstić information content (AvgIpc) is 2.69. The van der Waals surface area contributed by atoms with Crippen LogP contribution in [0.25, 0.3) is 0 Å². The summed E-state index contributed by atoms with van der Waals surface area (Å²) in [4.78, 5) is 23.9. The van der Waals surface area contributed by atoms with E-state index in [2.05, 4.69) is 13.8 Å². The molecule has 1 atom stereocenters. The second-order valence-electron chi connectivity index (χ2n) is 7.64. The van der Waals surface area contributed by atoms with Crippen LogP contribution in [0.2, 0.25) is 0 Å². The van der Waals surface area contributed by atoms with Crippen LogP contribution in [0.5, 0.6) is 0 Å².